The van der Waals surface area contributed by atoms with Crippen LogP contribution >= 0.6 is 0 Å². The van der Waals surface area contributed by atoms with Gasteiger partial charge in [-0.3, -0.25) is 19.0 Å². The van der Waals surface area contributed by atoms with Crippen molar-refractivity contribution in [2.45, 2.75) is 39.9 Å². The fraction of sp³-hybridized carbons (Fsp3) is 0.261. The molecule has 0 radical (unpaired) electrons. The van der Waals surface area contributed by atoms with Crippen LogP contribution in [-0.2, 0) is 13.1 Å². The molecule has 164 valence electrons. The van der Waals surface area contributed by atoms with E-state index in [9.17, 15) is 19.2 Å². The fourth-order valence-corrected chi connectivity index (χ4v) is 3.70. The molecule has 0 spiro atoms. The zero-order valence-electron chi connectivity index (χ0n) is 18.0. The van der Waals surface area contributed by atoms with Crippen molar-refractivity contribution in [3.63, 3.8) is 0 Å². The van der Waals surface area contributed by atoms with Gasteiger partial charge in [0, 0.05) is 18.2 Å². The SMILES string of the molecule is CCn1c(=O)[nH]c2cc(C(=O)N(Cc3nc4ccccc4c(=O)[nH]3)C(C)C)ccc2c1=O. The number of H-pyrrole nitrogens is 2. The van der Waals surface area contributed by atoms with Gasteiger partial charge in [0.2, 0.25) is 0 Å². The molecule has 4 aromatic rings. The standard InChI is InChI=1S/C23H23N5O4/c1-4-27-22(31)16-10-9-14(11-18(16)25-23(27)32)21(30)28(13(2)3)12-19-24-17-8-6-5-7-15(17)20(29)26-19/h5-11,13H,4,12H2,1-3H3,(H,25,32)(H,24,26,29). The summed E-state index contributed by atoms with van der Waals surface area (Å²) in [5.41, 5.74) is -0.0117. The first-order valence-electron chi connectivity index (χ1n) is 10.4. The highest BCUT2D eigenvalue weighted by Crippen LogP contribution is 2.16. The molecular weight excluding hydrogens is 410 g/mol. The maximum atomic E-state index is 13.3. The number of fused-ring (bicyclic) bond motifs is 2. The van der Waals surface area contributed by atoms with Gasteiger partial charge >= 0.3 is 5.69 Å². The van der Waals surface area contributed by atoms with E-state index in [1.54, 1.807) is 48.2 Å². The van der Waals surface area contributed by atoms with Crippen molar-refractivity contribution < 1.29 is 4.79 Å². The topological polar surface area (TPSA) is 121 Å². The van der Waals surface area contributed by atoms with Crippen molar-refractivity contribution in [1.29, 1.82) is 0 Å². The van der Waals surface area contributed by atoms with E-state index in [0.717, 1.165) is 4.57 Å². The lowest BCUT2D eigenvalue weighted by Crippen LogP contribution is -2.38. The van der Waals surface area contributed by atoms with E-state index in [1.165, 1.54) is 6.07 Å². The molecule has 0 bridgehead atoms. The van der Waals surface area contributed by atoms with E-state index in [4.69, 9.17) is 0 Å². The van der Waals surface area contributed by atoms with Crippen LogP contribution in [0.15, 0.2) is 56.8 Å². The molecule has 2 aromatic carbocycles. The Morgan fingerprint density at radius 3 is 2.53 bits per heavy atom. The number of rotatable bonds is 5. The quantitative estimate of drug-likeness (QED) is 0.499. The Hall–Kier alpha value is -4.01. The lowest BCUT2D eigenvalue weighted by Gasteiger charge is -2.26. The number of para-hydroxylation sites is 1. The smallest absolute Gasteiger partial charge is 0.328 e. The van der Waals surface area contributed by atoms with Gasteiger partial charge < -0.3 is 14.9 Å². The first-order valence-corrected chi connectivity index (χ1v) is 10.4. The minimum Gasteiger partial charge on any atom is -0.329 e. The summed E-state index contributed by atoms with van der Waals surface area (Å²) in [5, 5.41) is 0.814. The summed E-state index contributed by atoms with van der Waals surface area (Å²) in [6.45, 7) is 5.79. The molecule has 1 amide bonds. The molecule has 2 heterocycles. The summed E-state index contributed by atoms with van der Waals surface area (Å²) >= 11 is 0. The van der Waals surface area contributed by atoms with E-state index in [0.29, 0.717) is 33.2 Å². The summed E-state index contributed by atoms with van der Waals surface area (Å²) in [7, 11) is 0. The zero-order chi connectivity index (χ0) is 23.0. The van der Waals surface area contributed by atoms with Gasteiger partial charge in [-0.15, -0.1) is 0 Å². The highest BCUT2D eigenvalue weighted by molar-refractivity contribution is 5.97. The van der Waals surface area contributed by atoms with Crippen molar-refractivity contribution in [1.82, 2.24) is 24.4 Å². The summed E-state index contributed by atoms with van der Waals surface area (Å²) in [6.07, 6.45) is 0. The van der Waals surface area contributed by atoms with Crippen LogP contribution in [0.1, 0.15) is 37.0 Å². The first kappa shape index (κ1) is 21.2. The summed E-state index contributed by atoms with van der Waals surface area (Å²) in [4.78, 5) is 61.8. The Bertz CT molecular complexity index is 1510. The zero-order valence-corrected chi connectivity index (χ0v) is 18.0. The van der Waals surface area contributed by atoms with Crippen molar-refractivity contribution in [2.24, 2.45) is 0 Å². The van der Waals surface area contributed by atoms with Crippen LogP contribution < -0.4 is 16.8 Å². The molecule has 0 atom stereocenters. The van der Waals surface area contributed by atoms with Gasteiger partial charge in [-0.05, 0) is 51.1 Å². The molecule has 32 heavy (non-hydrogen) atoms. The number of carbonyl (C=O) groups is 1. The average Bonchev–Trinajstić information content (AvgIpc) is 2.77. The van der Waals surface area contributed by atoms with Crippen LogP contribution in [0.25, 0.3) is 21.8 Å². The van der Waals surface area contributed by atoms with Gasteiger partial charge in [0.25, 0.3) is 17.0 Å². The molecule has 0 saturated carbocycles. The summed E-state index contributed by atoms with van der Waals surface area (Å²) in [5.74, 6) is 0.0639. The van der Waals surface area contributed by atoms with E-state index in [1.807, 2.05) is 13.8 Å². The number of amides is 1. The molecule has 0 fully saturated rings. The minimum absolute atomic E-state index is 0.0998. The van der Waals surface area contributed by atoms with Crippen molar-refractivity contribution in [3.05, 3.63) is 85.0 Å². The Morgan fingerprint density at radius 2 is 1.81 bits per heavy atom. The Morgan fingerprint density at radius 1 is 1.06 bits per heavy atom. The van der Waals surface area contributed by atoms with Crippen LogP contribution in [0.3, 0.4) is 0 Å². The maximum absolute atomic E-state index is 13.3. The molecule has 0 aliphatic carbocycles. The number of nitrogens with zero attached hydrogens (tertiary/aromatic N) is 3. The minimum atomic E-state index is -0.520. The predicted octanol–water partition coefficient (Wildman–Crippen LogP) is 2.00. The third-order valence-corrected chi connectivity index (χ3v) is 5.41. The highest BCUT2D eigenvalue weighted by Gasteiger charge is 2.21. The van der Waals surface area contributed by atoms with Crippen LogP contribution in [0.2, 0.25) is 0 Å². The van der Waals surface area contributed by atoms with Crippen molar-refractivity contribution in [3.8, 4) is 0 Å². The molecule has 2 N–H and O–H groups in total. The lowest BCUT2D eigenvalue weighted by atomic mass is 10.1. The van der Waals surface area contributed by atoms with Crippen LogP contribution in [0.4, 0.5) is 0 Å². The Kier molecular flexibility index (Phi) is 5.48. The fourth-order valence-electron chi connectivity index (χ4n) is 3.70. The molecule has 9 heteroatoms. The number of hydrogen-bond acceptors (Lipinski definition) is 5. The Balaban J connectivity index is 1.72. The predicted molar refractivity (Wildman–Crippen MR) is 122 cm³/mol. The van der Waals surface area contributed by atoms with Crippen molar-refractivity contribution in [2.75, 3.05) is 0 Å². The number of hydrogen-bond donors (Lipinski definition) is 2. The third kappa shape index (κ3) is 3.73. The number of aromatic nitrogens is 4. The van der Waals surface area contributed by atoms with Gasteiger partial charge in [0.1, 0.15) is 5.82 Å². The summed E-state index contributed by atoms with van der Waals surface area (Å²) < 4.78 is 1.10. The van der Waals surface area contributed by atoms with Crippen LogP contribution in [0.5, 0.6) is 0 Å². The molecule has 9 nitrogen and oxygen atoms in total. The van der Waals surface area contributed by atoms with Crippen molar-refractivity contribution >= 4 is 27.7 Å². The largest absolute Gasteiger partial charge is 0.329 e. The second-order valence-corrected chi connectivity index (χ2v) is 7.80. The van der Waals surface area contributed by atoms with E-state index < -0.39 is 11.2 Å². The molecule has 4 rings (SSSR count). The number of nitrogens with one attached hydrogen (secondary N) is 2. The normalized spacial score (nSPS) is 11.4. The molecule has 0 aliphatic heterocycles. The number of aromatic amines is 2. The second-order valence-electron chi connectivity index (χ2n) is 7.80. The summed E-state index contributed by atoms with van der Waals surface area (Å²) in [6, 6.07) is 11.4. The van der Waals surface area contributed by atoms with Crippen LogP contribution in [0, 0.1) is 0 Å². The van der Waals surface area contributed by atoms with Crippen LogP contribution in [-0.4, -0.2) is 36.4 Å². The maximum Gasteiger partial charge on any atom is 0.328 e. The molecular formula is C23H23N5O4. The average molecular weight is 433 g/mol. The molecule has 2 aromatic heterocycles. The third-order valence-electron chi connectivity index (χ3n) is 5.41. The number of benzene rings is 2. The van der Waals surface area contributed by atoms with Gasteiger partial charge in [0.15, 0.2) is 0 Å². The van der Waals surface area contributed by atoms with E-state index in [-0.39, 0.29) is 30.6 Å². The van der Waals surface area contributed by atoms with Gasteiger partial charge in [-0.25, -0.2) is 9.78 Å². The van der Waals surface area contributed by atoms with Gasteiger partial charge in [-0.1, -0.05) is 12.1 Å². The lowest BCUT2D eigenvalue weighted by molar-refractivity contribution is 0.0685. The first-order chi connectivity index (χ1) is 15.3. The second kappa shape index (κ2) is 8.26. The van der Waals surface area contributed by atoms with E-state index >= 15 is 0 Å². The van der Waals surface area contributed by atoms with Gasteiger partial charge in [-0.2, -0.15) is 0 Å². The molecule has 0 unspecified atom stereocenters. The molecule has 0 saturated heterocycles. The molecule has 0 aliphatic rings. The highest BCUT2D eigenvalue weighted by atomic mass is 16.2. The monoisotopic (exact) mass is 433 g/mol. The Labute approximate surface area is 182 Å². The number of carbonyl (C=O) groups excluding carboxylic acids is 1. The van der Waals surface area contributed by atoms with E-state index in [2.05, 4.69) is 15.0 Å². The van der Waals surface area contributed by atoms with Gasteiger partial charge in [0.05, 0.1) is 28.4 Å².